The van der Waals surface area contributed by atoms with Gasteiger partial charge in [-0.1, -0.05) is 35.6 Å². The maximum atomic E-state index is 13.7. The maximum Gasteiger partial charge on any atom is 0.338 e. The van der Waals surface area contributed by atoms with Gasteiger partial charge in [-0.2, -0.15) is 0 Å². The Morgan fingerprint density at radius 1 is 1.22 bits per heavy atom. The van der Waals surface area contributed by atoms with Gasteiger partial charge in [0.1, 0.15) is 5.75 Å². The molecule has 10 heteroatoms. The van der Waals surface area contributed by atoms with Crippen molar-refractivity contribution in [3.05, 3.63) is 101 Å². The molecule has 0 N–H and O–H groups in total. The summed E-state index contributed by atoms with van der Waals surface area (Å²) >= 11 is 1.11. The number of fused-ring (bicyclic) bond motifs is 1. The van der Waals surface area contributed by atoms with Crippen LogP contribution in [0.1, 0.15) is 44.9 Å². The van der Waals surface area contributed by atoms with E-state index < -0.39 is 22.5 Å². The van der Waals surface area contributed by atoms with Crippen LogP contribution in [-0.2, 0) is 9.53 Å². The first-order valence-corrected chi connectivity index (χ1v) is 12.2. The van der Waals surface area contributed by atoms with Gasteiger partial charge >= 0.3 is 5.97 Å². The Hall–Kier alpha value is -4.05. The summed E-state index contributed by atoms with van der Waals surface area (Å²) in [6, 6.07) is 12.6. The lowest BCUT2D eigenvalue weighted by Crippen LogP contribution is -2.40. The lowest BCUT2D eigenvalue weighted by Gasteiger charge is -2.25. The zero-order valence-electron chi connectivity index (χ0n) is 20.3. The molecule has 3 aromatic rings. The lowest BCUT2D eigenvalue weighted by molar-refractivity contribution is -0.385. The van der Waals surface area contributed by atoms with Crippen molar-refractivity contribution >= 4 is 29.1 Å². The Morgan fingerprint density at radius 3 is 2.56 bits per heavy atom. The van der Waals surface area contributed by atoms with E-state index >= 15 is 0 Å². The molecule has 1 unspecified atom stereocenters. The molecule has 1 aliphatic rings. The van der Waals surface area contributed by atoms with E-state index in [-0.39, 0.29) is 21.9 Å². The molecule has 0 radical (unpaired) electrons. The lowest BCUT2D eigenvalue weighted by atomic mass is 9.96. The number of nitro groups is 1. The summed E-state index contributed by atoms with van der Waals surface area (Å²) in [6.07, 6.45) is 1.13. The molecular formula is C26H25N3O6S. The van der Waals surface area contributed by atoms with Gasteiger partial charge in [0.25, 0.3) is 11.2 Å². The van der Waals surface area contributed by atoms with Gasteiger partial charge < -0.3 is 9.47 Å². The Balaban J connectivity index is 1.94. The van der Waals surface area contributed by atoms with Crippen molar-refractivity contribution in [1.82, 2.24) is 4.57 Å². The van der Waals surface area contributed by atoms with E-state index in [0.717, 1.165) is 11.3 Å². The minimum atomic E-state index is -0.781. The number of allylic oxidation sites excluding steroid dienone is 1. The highest BCUT2D eigenvalue weighted by Gasteiger charge is 2.33. The summed E-state index contributed by atoms with van der Waals surface area (Å²) in [5.41, 5.74) is 1.18. The molecule has 0 spiro atoms. The first-order chi connectivity index (χ1) is 17.2. The number of benzene rings is 2. The summed E-state index contributed by atoms with van der Waals surface area (Å²) in [5.74, 6) is 0.107. The Labute approximate surface area is 210 Å². The van der Waals surface area contributed by atoms with Crippen molar-refractivity contribution in [1.29, 1.82) is 0 Å². The van der Waals surface area contributed by atoms with Crippen LogP contribution in [0.25, 0.3) is 6.08 Å². The molecule has 9 nitrogen and oxygen atoms in total. The zero-order valence-corrected chi connectivity index (χ0v) is 21.1. The zero-order chi connectivity index (χ0) is 26.0. The van der Waals surface area contributed by atoms with Crippen molar-refractivity contribution in [3.63, 3.8) is 0 Å². The summed E-state index contributed by atoms with van der Waals surface area (Å²) in [7, 11) is 0. The van der Waals surface area contributed by atoms with Crippen LogP contribution in [0.15, 0.2) is 69.6 Å². The fourth-order valence-electron chi connectivity index (χ4n) is 4.01. The molecule has 1 aromatic heterocycles. The van der Waals surface area contributed by atoms with Gasteiger partial charge in [0.15, 0.2) is 4.80 Å². The number of para-hydroxylation sites is 1. The highest BCUT2D eigenvalue weighted by molar-refractivity contribution is 7.07. The molecule has 0 amide bonds. The fraction of sp³-hybridized carbons (Fsp3) is 0.269. The number of nitrogens with zero attached hydrogens (tertiary/aromatic N) is 3. The van der Waals surface area contributed by atoms with Gasteiger partial charge in [-0.3, -0.25) is 19.5 Å². The minimum Gasteiger partial charge on any atom is -0.494 e. The number of hydrogen-bond donors (Lipinski definition) is 0. The average molecular weight is 508 g/mol. The number of nitro benzene ring substituents is 1. The molecule has 0 saturated heterocycles. The second-order valence-corrected chi connectivity index (χ2v) is 9.36. The van der Waals surface area contributed by atoms with E-state index in [1.165, 1.54) is 16.7 Å². The molecule has 1 atom stereocenters. The molecule has 2 aromatic carbocycles. The van der Waals surface area contributed by atoms with Crippen molar-refractivity contribution in [2.24, 2.45) is 4.99 Å². The van der Waals surface area contributed by atoms with E-state index in [1.807, 2.05) is 6.92 Å². The largest absolute Gasteiger partial charge is 0.494 e. The number of thiazole rings is 1. The summed E-state index contributed by atoms with van der Waals surface area (Å²) in [5, 5.41) is 11.5. The number of carbonyl (C=O) groups excluding carboxylic acids is 1. The van der Waals surface area contributed by atoms with Gasteiger partial charge in [0.05, 0.1) is 45.0 Å². The van der Waals surface area contributed by atoms with E-state index in [0.29, 0.717) is 34.0 Å². The fourth-order valence-corrected chi connectivity index (χ4v) is 5.04. The van der Waals surface area contributed by atoms with Crippen molar-refractivity contribution in [2.45, 2.75) is 39.8 Å². The van der Waals surface area contributed by atoms with Gasteiger partial charge in [-0.05, 0) is 57.5 Å². The Morgan fingerprint density at radius 2 is 1.92 bits per heavy atom. The highest BCUT2D eigenvalue weighted by atomic mass is 32.1. The third-order valence-electron chi connectivity index (χ3n) is 5.51. The molecule has 0 saturated carbocycles. The van der Waals surface area contributed by atoms with Crippen LogP contribution in [-0.4, -0.2) is 28.2 Å². The second-order valence-electron chi connectivity index (χ2n) is 8.35. The number of aromatic nitrogens is 1. The Kier molecular flexibility index (Phi) is 7.16. The number of carbonyl (C=O) groups is 1. The van der Waals surface area contributed by atoms with Crippen LogP contribution >= 0.6 is 11.3 Å². The molecule has 0 bridgehead atoms. The first-order valence-electron chi connectivity index (χ1n) is 11.4. The van der Waals surface area contributed by atoms with Crippen LogP contribution in [0.3, 0.4) is 0 Å². The molecule has 0 aliphatic carbocycles. The van der Waals surface area contributed by atoms with Gasteiger partial charge in [0, 0.05) is 6.07 Å². The quantitative estimate of drug-likeness (QED) is 0.275. The summed E-state index contributed by atoms with van der Waals surface area (Å²) in [4.78, 5) is 42.7. The molecule has 1 aliphatic heterocycles. The average Bonchev–Trinajstić information content (AvgIpc) is 3.13. The Bertz CT molecular complexity index is 1530. The van der Waals surface area contributed by atoms with Gasteiger partial charge in [-0.15, -0.1) is 0 Å². The molecule has 186 valence electrons. The minimum absolute atomic E-state index is 0.108. The topological polar surface area (TPSA) is 113 Å². The van der Waals surface area contributed by atoms with Gasteiger partial charge in [-0.25, -0.2) is 9.79 Å². The smallest absolute Gasteiger partial charge is 0.338 e. The molecule has 36 heavy (non-hydrogen) atoms. The third kappa shape index (κ3) is 4.85. The van der Waals surface area contributed by atoms with E-state index in [2.05, 4.69) is 4.99 Å². The molecule has 4 rings (SSSR count). The number of hydrogen-bond acceptors (Lipinski definition) is 8. The first kappa shape index (κ1) is 25.1. The molecule has 0 fully saturated rings. The van der Waals surface area contributed by atoms with Crippen LogP contribution in [0.2, 0.25) is 0 Å². The predicted octanol–water partition coefficient (Wildman–Crippen LogP) is 3.49. The van der Waals surface area contributed by atoms with Crippen molar-refractivity contribution in [2.75, 3.05) is 6.61 Å². The van der Waals surface area contributed by atoms with Crippen molar-refractivity contribution in [3.8, 4) is 5.75 Å². The molecular weight excluding hydrogens is 482 g/mol. The number of ether oxygens (including phenoxy) is 2. The second kappa shape index (κ2) is 10.3. The highest BCUT2D eigenvalue weighted by Crippen LogP contribution is 2.32. The third-order valence-corrected chi connectivity index (χ3v) is 6.49. The normalized spacial score (nSPS) is 15.5. The monoisotopic (exact) mass is 507 g/mol. The maximum absolute atomic E-state index is 13.7. The van der Waals surface area contributed by atoms with E-state index in [9.17, 15) is 19.7 Å². The summed E-state index contributed by atoms with van der Waals surface area (Å²) in [6.45, 7) is 7.60. The van der Waals surface area contributed by atoms with E-state index in [1.54, 1.807) is 63.2 Å². The van der Waals surface area contributed by atoms with Crippen LogP contribution in [0.4, 0.5) is 5.69 Å². The molecule has 2 heterocycles. The van der Waals surface area contributed by atoms with E-state index in [4.69, 9.17) is 9.47 Å². The van der Waals surface area contributed by atoms with Gasteiger partial charge in [0.2, 0.25) is 0 Å². The predicted molar refractivity (Wildman–Crippen MR) is 136 cm³/mol. The van der Waals surface area contributed by atoms with Crippen LogP contribution < -0.4 is 19.6 Å². The number of esters is 1. The van der Waals surface area contributed by atoms with Crippen LogP contribution in [0, 0.1) is 10.1 Å². The van der Waals surface area contributed by atoms with Crippen molar-refractivity contribution < 1.29 is 19.2 Å². The summed E-state index contributed by atoms with van der Waals surface area (Å²) < 4.78 is 12.8. The standard InChI is InChI=1S/C26H25N3O6S/c1-5-34-19-12-10-17(11-13-19)23-22(25(31)35-15(2)3)16(4)27-26-28(23)24(30)21(36-26)14-18-8-6-7-9-20(18)29(32)33/h6-15,23H,5H2,1-4H3. The SMILES string of the molecule is CCOc1ccc(C2C(C(=O)OC(C)C)=C(C)N=c3sc(=Cc4ccccc4[N+](=O)[O-])c(=O)n32)cc1. The van der Waals surface area contributed by atoms with Crippen LogP contribution in [0.5, 0.6) is 5.75 Å². The number of rotatable bonds is 7.